The second-order valence-electron chi connectivity index (χ2n) is 9.23. The van der Waals surface area contributed by atoms with Crippen molar-refractivity contribution in [2.75, 3.05) is 25.9 Å². The van der Waals surface area contributed by atoms with E-state index in [-0.39, 0.29) is 18.7 Å². The lowest BCUT2D eigenvalue weighted by molar-refractivity contribution is -0.152. The highest BCUT2D eigenvalue weighted by molar-refractivity contribution is 7.51. The third-order valence-electron chi connectivity index (χ3n) is 6.15. The minimum atomic E-state index is -4.37. The molecular formula is C26H31ClFN2O7P. The molecule has 1 heterocycles. The van der Waals surface area contributed by atoms with Gasteiger partial charge in [-0.05, 0) is 55.0 Å². The van der Waals surface area contributed by atoms with Crippen LogP contribution in [0.25, 0.3) is 11.1 Å². The summed E-state index contributed by atoms with van der Waals surface area (Å²) in [6, 6.07) is 10.3. The molecule has 38 heavy (non-hydrogen) atoms. The number of ether oxygens (including phenoxy) is 1. The smallest absolute Gasteiger partial charge is 0.326 e. The van der Waals surface area contributed by atoms with Gasteiger partial charge in [0.15, 0.2) is 6.61 Å². The van der Waals surface area contributed by atoms with Crippen molar-refractivity contribution in [2.45, 2.75) is 44.6 Å². The van der Waals surface area contributed by atoms with Crippen molar-refractivity contribution in [1.82, 2.24) is 10.2 Å². The van der Waals surface area contributed by atoms with Gasteiger partial charge in [-0.1, -0.05) is 35.9 Å². The molecule has 1 saturated heterocycles. The fraction of sp³-hybridized carbons (Fsp3) is 0.423. The van der Waals surface area contributed by atoms with Crippen molar-refractivity contribution in [3.8, 4) is 11.1 Å². The Morgan fingerprint density at radius 2 is 1.76 bits per heavy atom. The molecule has 2 aromatic carbocycles. The van der Waals surface area contributed by atoms with Gasteiger partial charge in [0.2, 0.25) is 5.91 Å². The first-order chi connectivity index (χ1) is 18.0. The summed E-state index contributed by atoms with van der Waals surface area (Å²) in [5.74, 6) is -2.02. The Morgan fingerprint density at radius 3 is 2.42 bits per heavy atom. The van der Waals surface area contributed by atoms with Crippen molar-refractivity contribution >= 4 is 37.0 Å². The summed E-state index contributed by atoms with van der Waals surface area (Å²) in [6.45, 7) is 0.866. The number of piperidine rings is 1. The van der Waals surface area contributed by atoms with E-state index < -0.39 is 50.5 Å². The molecule has 0 bridgehead atoms. The average Bonchev–Trinajstić information content (AvgIpc) is 2.88. The third-order valence-corrected chi connectivity index (χ3v) is 7.19. The number of hydrogen-bond donors (Lipinski definition) is 3. The highest BCUT2D eigenvalue weighted by atomic mass is 35.5. The molecule has 3 N–H and O–H groups in total. The third kappa shape index (κ3) is 9.83. The molecule has 0 aliphatic carbocycles. The maximum atomic E-state index is 14.2. The maximum absolute atomic E-state index is 14.2. The van der Waals surface area contributed by atoms with E-state index in [1.807, 2.05) is 0 Å². The summed E-state index contributed by atoms with van der Waals surface area (Å²) >= 11 is 5.98. The lowest BCUT2D eigenvalue weighted by Gasteiger charge is -2.26. The van der Waals surface area contributed by atoms with Crippen LogP contribution in [0, 0.1) is 5.82 Å². The lowest BCUT2D eigenvalue weighted by atomic mass is 9.99. The number of rotatable bonds is 11. The molecule has 206 valence electrons. The van der Waals surface area contributed by atoms with E-state index >= 15 is 0 Å². The number of esters is 1. The van der Waals surface area contributed by atoms with Gasteiger partial charge in [-0.3, -0.25) is 18.9 Å². The number of likely N-dealkylation sites (tertiary alicyclic amines) is 1. The van der Waals surface area contributed by atoms with Gasteiger partial charge in [0.05, 0.1) is 12.6 Å². The first kappa shape index (κ1) is 29.8. The van der Waals surface area contributed by atoms with E-state index in [9.17, 15) is 23.3 Å². The Hall–Kier alpha value is -2.78. The Kier molecular flexibility index (Phi) is 10.8. The number of halogens is 2. The van der Waals surface area contributed by atoms with Crippen LogP contribution in [0.2, 0.25) is 5.02 Å². The zero-order valence-corrected chi connectivity index (χ0v) is 22.4. The Balaban J connectivity index is 1.65. The van der Waals surface area contributed by atoms with Crippen LogP contribution in [0.15, 0.2) is 42.5 Å². The predicted molar refractivity (Wildman–Crippen MR) is 140 cm³/mol. The Labute approximate surface area is 225 Å². The molecule has 1 aliphatic rings. The first-order valence-corrected chi connectivity index (χ1v) is 14.5. The molecule has 1 aliphatic heterocycles. The fourth-order valence-corrected chi connectivity index (χ4v) is 4.85. The molecule has 3 rings (SSSR count). The monoisotopic (exact) mass is 568 g/mol. The van der Waals surface area contributed by atoms with E-state index in [1.54, 1.807) is 29.2 Å². The second-order valence-corrected chi connectivity index (χ2v) is 11.4. The van der Waals surface area contributed by atoms with Crippen LogP contribution in [0.4, 0.5) is 4.39 Å². The number of amides is 2. The number of carbonyl (C=O) groups is 3. The van der Waals surface area contributed by atoms with Crippen LogP contribution in [0.1, 0.15) is 37.7 Å². The van der Waals surface area contributed by atoms with Gasteiger partial charge >= 0.3 is 13.6 Å². The molecule has 0 aromatic heterocycles. The first-order valence-electron chi connectivity index (χ1n) is 12.3. The minimum absolute atomic E-state index is 0.190. The molecule has 0 saturated carbocycles. The SMILES string of the molecule is O=C(CCP(=O)(O)O)NC(CC(=O)OCC(=O)N1CCCCC1)Cc1ccc(-c2cc(Cl)ccc2F)cc1. The van der Waals surface area contributed by atoms with Crippen molar-refractivity contribution in [2.24, 2.45) is 0 Å². The zero-order chi connectivity index (χ0) is 27.7. The highest BCUT2D eigenvalue weighted by Gasteiger charge is 2.23. The van der Waals surface area contributed by atoms with Crippen LogP contribution < -0.4 is 5.32 Å². The minimum Gasteiger partial charge on any atom is -0.456 e. The quantitative estimate of drug-likeness (QED) is 0.278. The number of nitrogens with zero attached hydrogens (tertiary/aromatic N) is 1. The van der Waals surface area contributed by atoms with E-state index in [0.29, 0.717) is 34.8 Å². The lowest BCUT2D eigenvalue weighted by Crippen LogP contribution is -2.40. The van der Waals surface area contributed by atoms with Crippen LogP contribution >= 0.6 is 19.2 Å². The number of nitrogens with one attached hydrogen (secondary N) is 1. The van der Waals surface area contributed by atoms with Gasteiger partial charge < -0.3 is 24.7 Å². The number of carbonyl (C=O) groups excluding carboxylic acids is 3. The van der Waals surface area contributed by atoms with Gasteiger partial charge in [-0.25, -0.2) is 4.39 Å². The largest absolute Gasteiger partial charge is 0.456 e. The summed E-state index contributed by atoms with van der Waals surface area (Å²) < 4.78 is 30.5. The molecule has 0 radical (unpaired) electrons. The molecule has 9 nitrogen and oxygen atoms in total. The number of hydrogen-bond acceptors (Lipinski definition) is 5. The van der Waals surface area contributed by atoms with Crippen molar-refractivity contribution < 1.29 is 37.9 Å². The van der Waals surface area contributed by atoms with Crippen LogP contribution in [-0.4, -0.2) is 64.4 Å². The molecule has 12 heteroatoms. The summed E-state index contributed by atoms with van der Waals surface area (Å²) in [5.41, 5.74) is 1.63. The molecule has 2 aromatic rings. The summed E-state index contributed by atoms with van der Waals surface area (Å²) in [5, 5.41) is 3.02. The Bertz CT molecular complexity index is 1180. The topological polar surface area (TPSA) is 133 Å². The van der Waals surface area contributed by atoms with Gasteiger partial charge in [0, 0.05) is 36.1 Å². The van der Waals surface area contributed by atoms with Crippen LogP contribution in [0.5, 0.6) is 0 Å². The van der Waals surface area contributed by atoms with Crippen molar-refractivity contribution in [3.05, 3.63) is 58.9 Å². The number of benzene rings is 2. The van der Waals surface area contributed by atoms with Crippen LogP contribution in [-0.2, 0) is 30.1 Å². The Morgan fingerprint density at radius 1 is 1.08 bits per heavy atom. The molecule has 1 atom stereocenters. The van der Waals surface area contributed by atoms with Gasteiger partial charge in [0.1, 0.15) is 5.82 Å². The highest BCUT2D eigenvalue weighted by Crippen LogP contribution is 2.34. The summed E-state index contributed by atoms with van der Waals surface area (Å²) in [7, 11) is -4.37. The van der Waals surface area contributed by atoms with Crippen LogP contribution in [0.3, 0.4) is 0 Å². The van der Waals surface area contributed by atoms with Gasteiger partial charge in [-0.15, -0.1) is 0 Å². The summed E-state index contributed by atoms with van der Waals surface area (Å²) in [4.78, 5) is 56.9. The second kappa shape index (κ2) is 13.8. The van der Waals surface area contributed by atoms with Crippen molar-refractivity contribution in [1.29, 1.82) is 0 Å². The van der Waals surface area contributed by atoms with E-state index in [4.69, 9.17) is 26.1 Å². The molecule has 2 amide bonds. The van der Waals surface area contributed by atoms with Crippen molar-refractivity contribution in [3.63, 3.8) is 0 Å². The normalized spacial score (nSPS) is 14.6. The molecule has 1 unspecified atom stereocenters. The van der Waals surface area contributed by atoms with Gasteiger partial charge in [0.25, 0.3) is 5.91 Å². The summed E-state index contributed by atoms with van der Waals surface area (Å²) in [6.07, 6.45) is 1.77. The average molecular weight is 569 g/mol. The molecule has 1 fully saturated rings. The predicted octanol–water partition coefficient (Wildman–Crippen LogP) is 3.69. The van der Waals surface area contributed by atoms with E-state index in [0.717, 1.165) is 19.3 Å². The van der Waals surface area contributed by atoms with Gasteiger partial charge in [-0.2, -0.15) is 0 Å². The zero-order valence-electron chi connectivity index (χ0n) is 20.8. The maximum Gasteiger partial charge on any atom is 0.326 e. The standard InChI is InChI=1S/C26H31ClFN2O7P/c27-20-8-9-23(28)22(15-20)19-6-4-18(5-7-19)14-21(29-24(31)10-13-38(34,35)36)16-26(33)37-17-25(32)30-11-2-1-3-12-30/h4-9,15,21H,1-3,10-14,16-17H2,(H,29,31)(H2,34,35,36). The fourth-order valence-electron chi connectivity index (χ4n) is 4.18. The molecular weight excluding hydrogens is 538 g/mol. The van der Waals surface area contributed by atoms with E-state index in [2.05, 4.69) is 5.32 Å². The van der Waals surface area contributed by atoms with E-state index in [1.165, 1.54) is 18.2 Å². The molecule has 0 spiro atoms.